The SMILES string of the molecule is CC(C)NC(C)(C)C.Cl. The van der Waals surface area contributed by atoms with Crippen molar-refractivity contribution in [3.63, 3.8) is 0 Å². The van der Waals surface area contributed by atoms with E-state index in [4.69, 9.17) is 0 Å². The highest BCUT2D eigenvalue weighted by atomic mass is 35.5. The Bertz CT molecular complexity index is 63.8. The number of nitrogens with one attached hydrogen (secondary N) is 1. The molecule has 0 aliphatic heterocycles. The standard InChI is InChI=1S/C7H17N.ClH/c1-6(2)8-7(3,4)5;/h6,8H,1-5H3;1H. The maximum Gasteiger partial charge on any atom is 0.00988 e. The lowest BCUT2D eigenvalue weighted by Gasteiger charge is -2.23. The summed E-state index contributed by atoms with van der Waals surface area (Å²) in [4.78, 5) is 0. The first-order valence-electron chi connectivity index (χ1n) is 3.19. The van der Waals surface area contributed by atoms with Crippen molar-refractivity contribution < 1.29 is 0 Å². The van der Waals surface area contributed by atoms with Gasteiger partial charge in [0.2, 0.25) is 0 Å². The highest BCUT2D eigenvalue weighted by Gasteiger charge is 2.08. The molecule has 9 heavy (non-hydrogen) atoms. The normalized spacial score (nSPS) is 11.3. The summed E-state index contributed by atoms with van der Waals surface area (Å²) < 4.78 is 0. The lowest BCUT2D eigenvalue weighted by atomic mass is 10.1. The van der Waals surface area contributed by atoms with Crippen LogP contribution in [0.3, 0.4) is 0 Å². The van der Waals surface area contributed by atoms with Gasteiger partial charge in [-0.25, -0.2) is 0 Å². The molecule has 0 fully saturated rings. The van der Waals surface area contributed by atoms with Crippen LogP contribution < -0.4 is 5.32 Å². The summed E-state index contributed by atoms with van der Waals surface area (Å²) in [5, 5.41) is 3.38. The highest BCUT2D eigenvalue weighted by molar-refractivity contribution is 5.85. The van der Waals surface area contributed by atoms with Crippen LogP contribution in [0.4, 0.5) is 0 Å². The minimum Gasteiger partial charge on any atom is -0.310 e. The molecule has 0 aromatic rings. The molecule has 0 atom stereocenters. The van der Waals surface area contributed by atoms with Crippen LogP contribution in [0.2, 0.25) is 0 Å². The second-order valence-corrected chi connectivity index (χ2v) is 3.55. The fourth-order valence-corrected chi connectivity index (χ4v) is 0.866. The van der Waals surface area contributed by atoms with E-state index >= 15 is 0 Å². The molecule has 58 valence electrons. The van der Waals surface area contributed by atoms with Crippen LogP contribution in [0.25, 0.3) is 0 Å². The molecule has 0 radical (unpaired) electrons. The van der Waals surface area contributed by atoms with Crippen molar-refractivity contribution in [3.8, 4) is 0 Å². The molecular weight excluding hydrogens is 134 g/mol. The van der Waals surface area contributed by atoms with E-state index in [9.17, 15) is 0 Å². The predicted octanol–water partition coefficient (Wildman–Crippen LogP) is 2.20. The van der Waals surface area contributed by atoms with E-state index < -0.39 is 0 Å². The highest BCUT2D eigenvalue weighted by Crippen LogP contribution is 1.99. The molecule has 0 amide bonds. The average Bonchev–Trinajstić information content (AvgIpc) is 1.21. The smallest absolute Gasteiger partial charge is 0.00988 e. The quantitative estimate of drug-likeness (QED) is 0.606. The number of rotatable bonds is 1. The maximum atomic E-state index is 3.38. The largest absolute Gasteiger partial charge is 0.310 e. The Morgan fingerprint density at radius 1 is 1.11 bits per heavy atom. The van der Waals surface area contributed by atoms with Crippen molar-refractivity contribution in [1.29, 1.82) is 0 Å². The van der Waals surface area contributed by atoms with Crippen LogP contribution in [-0.4, -0.2) is 11.6 Å². The van der Waals surface area contributed by atoms with Gasteiger partial charge in [-0.15, -0.1) is 12.4 Å². The van der Waals surface area contributed by atoms with Crippen LogP contribution in [0.5, 0.6) is 0 Å². The second kappa shape index (κ2) is 4.13. The summed E-state index contributed by atoms with van der Waals surface area (Å²) in [6, 6.07) is 0.593. The third-order valence-corrected chi connectivity index (χ3v) is 0.722. The summed E-state index contributed by atoms with van der Waals surface area (Å²) in [5.74, 6) is 0. The first kappa shape index (κ1) is 12.0. The van der Waals surface area contributed by atoms with E-state index in [1.807, 2.05) is 0 Å². The summed E-state index contributed by atoms with van der Waals surface area (Å²) in [5.41, 5.74) is 0.272. The van der Waals surface area contributed by atoms with Gasteiger partial charge in [-0.1, -0.05) is 13.8 Å². The van der Waals surface area contributed by atoms with Gasteiger partial charge in [0, 0.05) is 11.6 Å². The fraction of sp³-hybridized carbons (Fsp3) is 1.00. The Morgan fingerprint density at radius 2 is 1.44 bits per heavy atom. The van der Waals surface area contributed by atoms with Gasteiger partial charge in [0.1, 0.15) is 0 Å². The molecule has 0 heterocycles. The summed E-state index contributed by atoms with van der Waals surface area (Å²) >= 11 is 0. The Labute approximate surface area is 64.6 Å². The lowest BCUT2D eigenvalue weighted by Crippen LogP contribution is -2.40. The van der Waals surface area contributed by atoms with Crippen molar-refractivity contribution in [2.45, 2.75) is 46.2 Å². The van der Waals surface area contributed by atoms with Gasteiger partial charge in [-0.3, -0.25) is 0 Å². The van der Waals surface area contributed by atoms with Crippen molar-refractivity contribution >= 4 is 12.4 Å². The van der Waals surface area contributed by atoms with Crippen LogP contribution >= 0.6 is 12.4 Å². The molecule has 2 heteroatoms. The molecule has 0 saturated carbocycles. The molecule has 1 N–H and O–H groups in total. The monoisotopic (exact) mass is 151 g/mol. The van der Waals surface area contributed by atoms with Crippen molar-refractivity contribution in [2.24, 2.45) is 0 Å². The molecular formula is C7H18ClN. The van der Waals surface area contributed by atoms with Gasteiger partial charge in [0.25, 0.3) is 0 Å². The van der Waals surface area contributed by atoms with Gasteiger partial charge < -0.3 is 5.32 Å². The third kappa shape index (κ3) is 11.7. The van der Waals surface area contributed by atoms with E-state index in [0.29, 0.717) is 6.04 Å². The van der Waals surface area contributed by atoms with Gasteiger partial charge in [-0.2, -0.15) is 0 Å². The van der Waals surface area contributed by atoms with Crippen LogP contribution in [-0.2, 0) is 0 Å². The zero-order valence-electron chi connectivity index (χ0n) is 6.99. The Balaban J connectivity index is 0. The van der Waals surface area contributed by atoms with E-state index in [1.54, 1.807) is 0 Å². The average molecular weight is 152 g/mol. The molecule has 0 aromatic carbocycles. The van der Waals surface area contributed by atoms with E-state index in [2.05, 4.69) is 39.9 Å². The topological polar surface area (TPSA) is 12.0 Å². The van der Waals surface area contributed by atoms with Gasteiger partial charge in [0.15, 0.2) is 0 Å². The summed E-state index contributed by atoms with van der Waals surface area (Å²) in [6.45, 7) is 10.8. The molecule has 0 rings (SSSR count). The zero-order valence-corrected chi connectivity index (χ0v) is 7.80. The van der Waals surface area contributed by atoms with Crippen LogP contribution in [0.15, 0.2) is 0 Å². The van der Waals surface area contributed by atoms with Gasteiger partial charge >= 0.3 is 0 Å². The van der Waals surface area contributed by atoms with Crippen molar-refractivity contribution in [3.05, 3.63) is 0 Å². The summed E-state index contributed by atoms with van der Waals surface area (Å²) in [7, 11) is 0. The Kier molecular flexibility index (Phi) is 5.49. The molecule has 1 nitrogen and oxygen atoms in total. The van der Waals surface area contributed by atoms with Crippen molar-refractivity contribution in [2.75, 3.05) is 0 Å². The molecule has 0 unspecified atom stereocenters. The minimum absolute atomic E-state index is 0. The lowest BCUT2D eigenvalue weighted by molar-refractivity contribution is 0.386. The Hall–Kier alpha value is 0.250. The minimum atomic E-state index is 0. The van der Waals surface area contributed by atoms with Crippen LogP contribution in [0, 0.1) is 0 Å². The van der Waals surface area contributed by atoms with Crippen LogP contribution in [0.1, 0.15) is 34.6 Å². The number of hydrogen-bond acceptors (Lipinski definition) is 1. The fourth-order valence-electron chi connectivity index (χ4n) is 0.866. The molecule has 0 bridgehead atoms. The predicted molar refractivity (Wildman–Crippen MR) is 45.3 cm³/mol. The van der Waals surface area contributed by atoms with E-state index in [0.717, 1.165) is 0 Å². The first-order chi connectivity index (χ1) is 3.42. The maximum absolute atomic E-state index is 3.38. The van der Waals surface area contributed by atoms with Gasteiger partial charge in [-0.05, 0) is 20.8 Å². The number of hydrogen-bond donors (Lipinski definition) is 1. The molecule has 0 spiro atoms. The van der Waals surface area contributed by atoms with E-state index in [-0.39, 0.29) is 17.9 Å². The Morgan fingerprint density at radius 3 is 1.44 bits per heavy atom. The molecule has 0 aliphatic carbocycles. The molecule has 0 aromatic heterocycles. The molecule has 0 saturated heterocycles. The molecule has 0 aliphatic rings. The van der Waals surface area contributed by atoms with Gasteiger partial charge in [0.05, 0.1) is 0 Å². The van der Waals surface area contributed by atoms with E-state index in [1.165, 1.54) is 0 Å². The number of halogens is 1. The second-order valence-electron chi connectivity index (χ2n) is 3.55. The first-order valence-corrected chi connectivity index (χ1v) is 3.19. The van der Waals surface area contributed by atoms with Crippen molar-refractivity contribution in [1.82, 2.24) is 5.32 Å². The third-order valence-electron chi connectivity index (χ3n) is 0.722. The summed E-state index contributed by atoms with van der Waals surface area (Å²) in [6.07, 6.45) is 0. The zero-order chi connectivity index (χ0) is 6.78.